The number of carbonyl (C=O) groups excluding carboxylic acids is 3. The molecule has 0 unspecified atom stereocenters. The van der Waals surface area contributed by atoms with Crippen LogP contribution in [-0.4, -0.2) is 40.6 Å². The zero-order chi connectivity index (χ0) is 29.4. The number of ether oxygens (including phenoxy) is 2. The number of alkyl carbamates (subject to hydrolysis) is 1. The molecule has 0 radical (unpaired) electrons. The van der Waals surface area contributed by atoms with E-state index in [1.807, 2.05) is 60.7 Å². The molecule has 1 fully saturated rings. The van der Waals surface area contributed by atoms with Gasteiger partial charge < -0.3 is 25.2 Å². The van der Waals surface area contributed by atoms with Crippen molar-refractivity contribution in [2.45, 2.75) is 64.3 Å². The molecule has 214 valence electrons. The Morgan fingerprint density at radius 1 is 0.902 bits per heavy atom. The van der Waals surface area contributed by atoms with Crippen molar-refractivity contribution in [3.05, 3.63) is 113 Å². The van der Waals surface area contributed by atoms with Crippen LogP contribution in [0.3, 0.4) is 0 Å². The molecule has 41 heavy (non-hydrogen) atoms. The minimum Gasteiger partial charge on any atom is -0.509 e. The van der Waals surface area contributed by atoms with Crippen LogP contribution >= 0.6 is 0 Å². The Labute approximate surface area is 240 Å². The van der Waals surface area contributed by atoms with E-state index in [-0.39, 0.29) is 12.0 Å². The first-order valence-corrected chi connectivity index (χ1v) is 13.7. The molecule has 0 aliphatic carbocycles. The van der Waals surface area contributed by atoms with Gasteiger partial charge in [-0.2, -0.15) is 0 Å². The van der Waals surface area contributed by atoms with E-state index in [9.17, 15) is 19.5 Å². The summed E-state index contributed by atoms with van der Waals surface area (Å²) in [5.41, 5.74) is 1.70. The van der Waals surface area contributed by atoms with Gasteiger partial charge in [0.15, 0.2) is 5.78 Å². The lowest BCUT2D eigenvalue weighted by Crippen LogP contribution is -2.42. The summed E-state index contributed by atoms with van der Waals surface area (Å²) < 4.78 is 11.2. The zero-order valence-corrected chi connectivity index (χ0v) is 23.6. The minimum absolute atomic E-state index is 0.114. The number of Topliss-reactive ketones (excluding diaryl/α,β-unsaturated/α-hetero) is 1. The third-order valence-corrected chi connectivity index (χ3v) is 6.55. The van der Waals surface area contributed by atoms with Crippen LogP contribution in [0.2, 0.25) is 0 Å². The Morgan fingerprint density at radius 2 is 1.51 bits per heavy atom. The average Bonchev–Trinajstić information content (AvgIpc) is 3.23. The number of hydrogen-bond donors (Lipinski definition) is 3. The Hall–Kier alpha value is -4.59. The van der Waals surface area contributed by atoms with Crippen LogP contribution in [-0.2, 0) is 33.8 Å². The molecule has 3 aromatic rings. The molecule has 0 bridgehead atoms. The molecule has 1 aliphatic heterocycles. The standard InChI is InChI=1S/C33H36N2O6/c1-33(2,3)41-32(39)35-27(20-23-14-17-25(18-15-23)40-21-24-12-8-5-9-13-24)30(37)28-29(36)26(34-31(28)38)19-16-22-10-6-4-7-11-22/h4-15,17-18,26-27,37H,16,19-21H2,1-3H3,(H,34,38)(H,35,39)/t26-,27+/m0/s1. The van der Waals surface area contributed by atoms with Crippen LogP contribution in [0.5, 0.6) is 5.75 Å². The van der Waals surface area contributed by atoms with Gasteiger partial charge in [0, 0.05) is 6.42 Å². The van der Waals surface area contributed by atoms with Crippen molar-refractivity contribution < 1.29 is 29.0 Å². The van der Waals surface area contributed by atoms with Crippen molar-refractivity contribution in [3.63, 3.8) is 0 Å². The molecule has 8 nitrogen and oxygen atoms in total. The number of aliphatic hydroxyl groups excluding tert-OH is 1. The summed E-state index contributed by atoms with van der Waals surface area (Å²) in [6, 6.07) is 24.8. The number of hydrogen-bond acceptors (Lipinski definition) is 6. The largest absolute Gasteiger partial charge is 0.509 e. The van der Waals surface area contributed by atoms with E-state index in [2.05, 4.69) is 10.6 Å². The van der Waals surface area contributed by atoms with E-state index in [1.165, 1.54) is 0 Å². The highest BCUT2D eigenvalue weighted by Gasteiger charge is 2.40. The smallest absolute Gasteiger partial charge is 0.408 e. The van der Waals surface area contributed by atoms with E-state index in [0.29, 0.717) is 25.2 Å². The Kier molecular flexibility index (Phi) is 9.45. The molecule has 4 rings (SSSR count). The van der Waals surface area contributed by atoms with Crippen LogP contribution in [0.4, 0.5) is 4.79 Å². The van der Waals surface area contributed by atoms with Gasteiger partial charge in [0.05, 0.1) is 12.1 Å². The van der Waals surface area contributed by atoms with Crippen LogP contribution in [0.1, 0.15) is 43.9 Å². The third-order valence-electron chi connectivity index (χ3n) is 6.55. The summed E-state index contributed by atoms with van der Waals surface area (Å²) in [5, 5.41) is 16.6. The fourth-order valence-corrected chi connectivity index (χ4v) is 4.52. The summed E-state index contributed by atoms with van der Waals surface area (Å²) >= 11 is 0. The molecule has 1 heterocycles. The normalized spacial score (nSPS) is 17.0. The molecular formula is C33H36N2O6. The maximum atomic E-state index is 13.2. The van der Waals surface area contributed by atoms with Gasteiger partial charge in [-0.25, -0.2) is 4.79 Å². The van der Waals surface area contributed by atoms with E-state index >= 15 is 0 Å². The molecule has 0 spiro atoms. The molecule has 8 heteroatoms. The lowest BCUT2D eigenvalue weighted by Gasteiger charge is -2.24. The Bertz CT molecular complexity index is 1380. The van der Waals surface area contributed by atoms with Crippen molar-refractivity contribution in [1.82, 2.24) is 10.6 Å². The van der Waals surface area contributed by atoms with E-state index < -0.39 is 41.2 Å². The monoisotopic (exact) mass is 556 g/mol. The number of benzene rings is 3. The quantitative estimate of drug-likeness (QED) is 0.179. The number of carbonyl (C=O) groups is 3. The van der Waals surface area contributed by atoms with Crippen molar-refractivity contribution in [2.24, 2.45) is 0 Å². The highest BCUT2D eigenvalue weighted by molar-refractivity contribution is 6.27. The second-order valence-electron chi connectivity index (χ2n) is 11.0. The Balaban J connectivity index is 1.50. The minimum atomic E-state index is -1.07. The van der Waals surface area contributed by atoms with Crippen molar-refractivity contribution in [3.8, 4) is 5.75 Å². The molecule has 3 aromatic carbocycles. The molecule has 2 amide bonds. The topological polar surface area (TPSA) is 114 Å². The van der Waals surface area contributed by atoms with Gasteiger partial charge in [-0.3, -0.25) is 9.59 Å². The predicted molar refractivity (Wildman–Crippen MR) is 155 cm³/mol. The van der Waals surface area contributed by atoms with Gasteiger partial charge in [0.25, 0.3) is 5.91 Å². The first kappa shape index (κ1) is 29.4. The number of amides is 2. The van der Waals surface area contributed by atoms with Gasteiger partial charge in [-0.1, -0.05) is 72.8 Å². The van der Waals surface area contributed by atoms with Crippen LogP contribution in [0.25, 0.3) is 0 Å². The number of ketones is 1. The van der Waals surface area contributed by atoms with Gasteiger partial charge in [-0.05, 0) is 62.4 Å². The van der Waals surface area contributed by atoms with Gasteiger partial charge in [0.1, 0.15) is 29.3 Å². The first-order chi connectivity index (χ1) is 19.6. The summed E-state index contributed by atoms with van der Waals surface area (Å²) in [6.45, 7) is 5.58. The average molecular weight is 557 g/mol. The lowest BCUT2D eigenvalue weighted by molar-refractivity contribution is -0.117. The maximum absolute atomic E-state index is 13.2. The predicted octanol–water partition coefficient (Wildman–Crippen LogP) is 5.21. The van der Waals surface area contributed by atoms with Crippen LogP contribution in [0.15, 0.2) is 96.3 Å². The van der Waals surface area contributed by atoms with E-state index in [1.54, 1.807) is 45.0 Å². The van der Waals surface area contributed by atoms with E-state index in [0.717, 1.165) is 16.7 Å². The third kappa shape index (κ3) is 8.45. The molecule has 0 aromatic heterocycles. The van der Waals surface area contributed by atoms with Gasteiger partial charge in [0.2, 0.25) is 0 Å². The SMILES string of the molecule is CC(C)(C)OC(=O)N[C@H](Cc1ccc(OCc2ccccc2)cc1)C(O)=C1C(=O)N[C@@H](CCc2ccccc2)C1=O. The van der Waals surface area contributed by atoms with Crippen molar-refractivity contribution in [1.29, 1.82) is 0 Å². The fourth-order valence-electron chi connectivity index (χ4n) is 4.52. The summed E-state index contributed by atoms with van der Waals surface area (Å²) in [5.74, 6) is -0.997. The molecule has 1 saturated heterocycles. The molecule has 2 atom stereocenters. The molecular weight excluding hydrogens is 520 g/mol. The summed E-state index contributed by atoms with van der Waals surface area (Å²) in [6.07, 6.45) is 0.316. The summed E-state index contributed by atoms with van der Waals surface area (Å²) in [7, 11) is 0. The van der Waals surface area contributed by atoms with Crippen LogP contribution in [0, 0.1) is 0 Å². The number of rotatable bonds is 10. The van der Waals surface area contributed by atoms with Gasteiger partial charge >= 0.3 is 6.09 Å². The Morgan fingerprint density at radius 3 is 2.12 bits per heavy atom. The van der Waals surface area contributed by atoms with Crippen molar-refractivity contribution in [2.75, 3.05) is 0 Å². The van der Waals surface area contributed by atoms with Crippen molar-refractivity contribution >= 4 is 17.8 Å². The molecule has 1 aliphatic rings. The van der Waals surface area contributed by atoms with Crippen LogP contribution < -0.4 is 15.4 Å². The van der Waals surface area contributed by atoms with Gasteiger partial charge in [-0.15, -0.1) is 0 Å². The van der Waals surface area contributed by atoms with E-state index in [4.69, 9.17) is 9.47 Å². The lowest BCUT2D eigenvalue weighted by atomic mass is 9.97. The number of aliphatic hydroxyl groups is 1. The highest BCUT2D eigenvalue weighted by atomic mass is 16.6. The maximum Gasteiger partial charge on any atom is 0.408 e. The summed E-state index contributed by atoms with van der Waals surface area (Å²) in [4.78, 5) is 38.7. The second kappa shape index (κ2) is 13.2. The molecule has 0 saturated carbocycles. The molecule has 3 N–H and O–H groups in total. The second-order valence-corrected chi connectivity index (χ2v) is 11.0. The first-order valence-electron chi connectivity index (χ1n) is 13.7. The fraction of sp³-hybridized carbons (Fsp3) is 0.303. The highest BCUT2D eigenvalue weighted by Crippen LogP contribution is 2.23. The number of nitrogens with one attached hydrogen (secondary N) is 2. The zero-order valence-electron chi connectivity index (χ0n) is 23.6. The number of aryl methyl sites for hydroxylation is 1.